The standard InChI is InChI=1S/C16H21ClN4O3.C13H16Cl2N2O2.C3H6N2O.2CH4/c1-24-14-10-12(2-3-13(14)17)19-6-8-20(9-7-19)15(22)11-21-5-4-18-16(21)23;1-19-12-8-10(2-3-11(12)15)16-4-6-17(7-5-16)13(18)9-14;6-3-4-1-2-5-3;;/h2-3,10H,4-9,11H2,1H3,(H,18,23);2-3,8H,4-7,9H2,1H3;1-2H2,(H2,4,5,6);2*1H4. The average molecular weight is 774 g/mol. The summed E-state index contributed by atoms with van der Waals surface area (Å²) in [6.07, 6.45) is 0. The third kappa shape index (κ3) is 12.3. The number of piperazine rings is 2. The van der Waals surface area contributed by atoms with Gasteiger partial charge in [-0.15, -0.1) is 11.6 Å². The van der Waals surface area contributed by atoms with Crippen LogP contribution in [0.5, 0.6) is 11.5 Å². The molecule has 4 heterocycles. The topological polar surface area (TPSA) is 139 Å². The first kappa shape index (κ1) is 43.2. The molecule has 0 unspecified atom stereocenters. The molecule has 0 aromatic heterocycles. The van der Waals surface area contributed by atoms with Gasteiger partial charge in [0.2, 0.25) is 11.8 Å². The number of hydrogen-bond acceptors (Lipinski definition) is 8. The average Bonchev–Trinajstić information content (AvgIpc) is 3.79. The molecule has 3 N–H and O–H groups in total. The highest BCUT2D eigenvalue weighted by Gasteiger charge is 2.27. The fourth-order valence-corrected chi connectivity index (χ4v) is 6.10. The Hall–Kier alpha value is -4.01. The van der Waals surface area contributed by atoms with Crippen LogP contribution in [0, 0.1) is 0 Å². The highest BCUT2D eigenvalue weighted by molar-refractivity contribution is 6.32. The van der Waals surface area contributed by atoms with Crippen molar-refractivity contribution in [1.82, 2.24) is 30.7 Å². The van der Waals surface area contributed by atoms with Gasteiger partial charge in [-0.25, -0.2) is 9.59 Å². The van der Waals surface area contributed by atoms with Crippen molar-refractivity contribution < 1.29 is 28.7 Å². The number of carbonyl (C=O) groups excluding carboxylic acids is 4. The van der Waals surface area contributed by atoms with Gasteiger partial charge in [0.15, 0.2) is 0 Å². The summed E-state index contributed by atoms with van der Waals surface area (Å²) in [7, 11) is 3.19. The largest absolute Gasteiger partial charge is 0.495 e. The molecule has 4 saturated heterocycles. The monoisotopic (exact) mass is 772 g/mol. The lowest BCUT2D eigenvalue weighted by molar-refractivity contribution is -0.132. The lowest BCUT2D eigenvalue weighted by Crippen LogP contribution is -2.51. The van der Waals surface area contributed by atoms with Crippen LogP contribution in [0.3, 0.4) is 0 Å². The van der Waals surface area contributed by atoms with Crippen molar-refractivity contribution >= 4 is 70.1 Å². The van der Waals surface area contributed by atoms with Crippen LogP contribution in [-0.4, -0.2) is 144 Å². The molecule has 0 radical (unpaired) electrons. The van der Waals surface area contributed by atoms with Gasteiger partial charge in [-0.3, -0.25) is 9.59 Å². The molecule has 4 fully saturated rings. The maximum Gasteiger partial charge on any atom is 0.317 e. The number of rotatable bonds is 7. The van der Waals surface area contributed by atoms with Gasteiger partial charge in [-0.1, -0.05) is 38.1 Å². The number of amides is 6. The number of nitrogens with one attached hydrogen (secondary N) is 3. The minimum Gasteiger partial charge on any atom is -0.495 e. The number of urea groups is 2. The summed E-state index contributed by atoms with van der Waals surface area (Å²) < 4.78 is 10.5. The lowest BCUT2D eigenvalue weighted by atomic mass is 10.2. The van der Waals surface area contributed by atoms with Crippen molar-refractivity contribution in [3.63, 3.8) is 0 Å². The zero-order valence-corrected chi connectivity index (χ0v) is 30.0. The van der Waals surface area contributed by atoms with Crippen LogP contribution in [-0.2, 0) is 9.59 Å². The fraction of sp³-hybridized carbons (Fsp3) is 0.529. The van der Waals surface area contributed by atoms with E-state index in [0.717, 1.165) is 50.6 Å². The second-order valence-electron chi connectivity index (χ2n) is 11.3. The predicted molar refractivity (Wildman–Crippen MR) is 204 cm³/mol. The molecule has 0 spiro atoms. The molecule has 284 valence electrons. The minimum atomic E-state index is -0.157. The Bertz CT molecular complexity index is 1450. The smallest absolute Gasteiger partial charge is 0.317 e. The number of halogens is 3. The number of alkyl halides is 1. The van der Waals surface area contributed by atoms with Crippen LogP contribution in [0.1, 0.15) is 14.9 Å². The summed E-state index contributed by atoms with van der Waals surface area (Å²) in [6, 6.07) is 11.2. The van der Waals surface area contributed by atoms with Crippen LogP contribution < -0.4 is 35.2 Å². The summed E-state index contributed by atoms with van der Waals surface area (Å²) in [5.41, 5.74) is 2.08. The predicted octanol–water partition coefficient (Wildman–Crippen LogP) is 3.83. The molecular weight excluding hydrogens is 723 g/mol. The first-order chi connectivity index (χ1) is 23.6. The molecule has 6 rings (SSSR count). The van der Waals surface area contributed by atoms with Gasteiger partial charge >= 0.3 is 12.1 Å². The van der Waals surface area contributed by atoms with Crippen LogP contribution in [0.2, 0.25) is 10.0 Å². The SMILES string of the molecule is C.C.COc1cc(N2CCN(C(=O)CCl)CC2)ccc1Cl.COc1cc(N2CCN(C(=O)CN3CCNC3=O)CC2)ccc1Cl.O=C1NCCN1. The molecular formula is C34H51Cl3N8O6. The molecule has 4 aliphatic heterocycles. The number of anilines is 2. The van der Waals surface area contributed by atoms with E-state index in [4.69, 9.17) is 44.3 Å². The van der Waals surface area contributed by atoms with E-state index in [9.17, 15) is 19.2 Å². The molecule has 0 atom stereocenters. The normalized spacial score (nSPS) is 16.5. The second kappa shape index (κ2) is 21.4. The number of benzene rings is 2. The van der Waals surface area contributed by atoms with Crippen molar-refractivity contribution in [2.24, 2.45) is 0 Å². The molecule has 0 saturated carbocycles. The Morgan fingerprint density at radius 3 is 1.47 bits per heavy atom. The van der Waals surface area contributed by atoms with Crippen LogP contribution in [0.15, 0.2) is 36.4 Å². The third-order valence-corrected chi connectivity index (χ3v) is 9.20. The van der Waals surface area contributed by atoms with E-state index in [2.05, 4.69) is 25.8 Å². The Labute approximate surface area is 316 Å². The molecule has 51 heavy (non-hydrogen) atoms. The lowest BCUT2D eigenvalue weighted by Gasteiger charge is -2.36. The van der Waals surface area contributed by atoms with Crippen molar-refractivity contribution in [2.45, 2.75) is 14.9 Å². The summed E-state index contributed by atoms with van der Waals surface area (Å²) in [5, 5.41) is 9.03. The Morgan fingerprint density at radius 1 is 0.667 bits per heavy atom. The van der Waals surface area contributed by atoms with Crippen LogP contribution >= 0.6 is 34.8 Å². The molecule has 6 amide bonds. The van der Waals surface area contributed by atoms with Gasteiger partial charge in [0.1, 0.15) is 23.9 Å². The minimum absolute atomic E-state index is 0. The molecule has 2 aromatic rings. The van der Waals surface area contributed by atoms with Crippen LogP contribution in [0.25, 0.3) is 0 Å². The number of carbonyl (C=O) groups is 4. The van der Waals surface area contributed by atoms with Crippen molar-refractivity contribution in [3.8, 4) is 11.5 Å². The Morgan fingerprint density at radius 2 is 1.12 bits per heavy atom. The molecule has 17 heteroatoms. The summed E-state index contributed by atoms with van der Waals surface area (Å²) in [5.74, 6) is 1.36. The zero-order valence-electron chi connectivity index (χ0n) is 27.7. The molecule has 2 aromatic carbocycles. The van der Waals surface area contributed by atoms with Crippen molar-refractivity contribution in [3.05, 3.63) is 46.4 Å². The second-order valence-corrected chi connectivity index (χ2v) is 12.4. The van der Waals surface area contributed by atoms with E-state index in [0.29, 0.717) is 60.8 Å². The fourth-order valence-electron chi connectivity index (χ4n) is 5.54. The first-order valence-electron chi connectivity index (χ1n) is 16.0. The van der Waals surface area contributed by atoms with E-state index in [-0.39, 0.29) is 51.2 Å². The van der Waals surface area contributed by atoms with E-state index < -0.39 is 0 Å². The van der Waals surface area contributed by atoms with Crippen LogP contribution in [0.4, 0.5) is 21.0 Å². The number of ether oxygens (including phenoxy) is 2. The highest BCUT2D eigenvalue weighted by Crippen LogP contribution is 2.31. The summed E-state index contributed by atoms with van der Waals surface area (Å²) in [6.45, 7) is 8.61. The first-order valence-corrected chi connectivity index (χ1v) is 17.3. The van der Waals surface area contributed by atoms with E-state index in [1.807, 2.05) is 41.3 Å². The number of hydrogen-bond donors (Lipinski definition) is 3. The quantitative estimate of drug-likeness (QED) is 0.362. The van der Waals surface area contributed by atoms with Crippen molar-refractivity contribution in [1.29, 1.82) is 0 Å². The maximum absolute atomic E-state index is 12.3. The van der Waals surface area contributed by atoms with Gasteiger partial charge < -0.3 is 49.9 Å². The Balaban J connectivity index is 0.000000298. The third-order valence-electron chi connectivity index (χ3n) is 8.35. The molecule has 0 bridgehead atoms. The highest BCUT2D eigenvalue weighted by atomic mass is 35.5. The summed E-state index contributed by atoms with van der Waals surface area (Å²) in [4.78, 5) is 54.9. The molecule has 0 aliphatic carbocycles. The van der Waals surface area contributed by atoms with E-state index >= 15 is 0 Å². The van der Waals surface area contributed by atoms with Gasteiger partial charge in [-0.2, -0.15) is 0 Å². The van der Waals surface area contributed by atoms with Gasteiger partial charge in [0.05, 0.1) is 24.3 Å². The molecule has 4 aliphatic rings. The van der Waals surface area contributed by atoms with Gasteiger partial charge in [0.25, 0.3) is 0 Å². The Kier molecular flexibility index (Phi) is 18.1. The number of methoxy groups -OCH3 is 2. The van der Waals surface area contributed by atoms with E-state index in [1.54, 1.807) is 24.0 Å². The molecule has 14 nitrogen and oxygen atoms in total. The maximum atomic E-state index is 12.3. The number of nitrogens with zero attached hydrogens (tertiary/aromatic N) is 5. The zero-order chi connectivity index (χ0) is 35.3. The van der Waals surface area contributed by atoms with E-state index in [1.165, 1.54) is 0 Å². The van der Waals surface area contributed by atoms with Gasteiger partial charge in [-0.05, 0) is 24.3 Å². The van der Waals surface area contributed by atoms with Crippen molar-refractivity contribution in [2.75, 3.05) is 115 Å². The van der Waals surface area contributed by atoms with Gasteiger partial charge in [0, 0.05) is 102 Å². The summed E-state index contributed by atoms with van der Waals surface area (Å²) >= 11 is 17.6.